The summed E-state index contributed by atoms with van der Waals surface area (Å²) in [5, 5.41) is 9.25. The zero-order valence-corrected chi connectivity index (χ0v) is 19.9. The molecular formula is C29H32N2O4. The molecule has 0 aliphatic carbocycles. The molecule has 2 aliphatic heterocycles. The van der Waals surface area contributed by atoms with Crippen molar-refractivity contribution >= 4 is 11.8 Å². The Morgan fingerprint density at radius 1 is 0.686 bits per heavy atom. The van der Waals surface area contributed by atoms with Gasteiger partial charge in [-0.2, -0.15) is 0 Å². The van der Waals surface area contributed by atoms with Gasteiger partial charge in [-0.1, -0.05) is 54.6 Å². The molecule has 0 radical (unpaired) electrons. The van der Waals surface area contributed by atoms with Crippen LogP contribution in [0.25, 0.3) is 0 Å². The minimum absolute atomic E-state index is 0.216. The number of phenols is 1. The van der Waals surface area contributed by atoms with Crippen LogP contribution in [0.5, 0.6) is 11.5 Å². The van der Waals surface area contributed by atoms with Gasteiger partial charge in [-0.05, 0) is 53.8 Å². The van der Waals surface area contributed by atoms with Crippen molar-refractivity contribution in [3.8, 4) is 11.5 Å². The average molecular weight is 473 g/mol. The lowest BCUT2D eigenvalue weighted by Gasteiger charge is -2.16. The Labute approximate surface area is 206 Å². The fourth-order valence-corrected chi connectivity index (χ4v) is 4.31. The second kappa shape index (κ2) is 12.1. The number of nitrogens with zero attached hydrogens (tertiary/aromatic N) is 2. The van der Waals surface area contributed by atoms with E-state index in [1.165, 1.54) is 0 Å². The van der Waals surface area contributed by atoms with Gasteiger partial charge >= 0.3 is 0 Å². The molecule has 0 unspecified atom stereocenters. The van der Waals surface area contributed by atoms with E-state index in [2.05, 4.69) is 0 Å². The van der Waals surface area contributed by atoms with Crippen LogP contribution in [-0.4, -0.2) is 39.8 Å². The second-order valence-electron chi connectivity index (χ2n) is 8.93. The third-order valence-electron chi connectivity index (χ3n) is 6.15. The summed E-state index contributed by atoms with van der Waals surface area (Å²) in [5.41, 5.74) is 3.26. The molecule has 2 aliphatic rings. The molecule has 2 saturated heterocycles. The highest BCUT2D eigenvalue weighted by Gasteiger charge is 2.20. The standard InChI is InChI=1S/C18H19NO2.C11H13NO2/c20-18-10-5-11-19(18)13-16-8-4-9-17(12-16)21-14-15-6-2-1-3-7-15;13-10-4-1-3-9(7-10)8-12-6-2-5-11(12)14/h1-4,6-9,12H,5,10-11,13-14H2;1,3-4,7,13H,2,5-6,8H2. The molecular weight excluding hydrogens is 440 g/mol. The Balaban J connectivity index is 0.000000179. The number of ether oxygens (including phenoxy) is 1. The summed E-state index contributed by atoms with van der Waals surface area (Å²) >= 11 is 0. The highest BCUT2D eigenvalue weighted by molar-refractivity contribution is 5.78. The molecule has 6 heteroatoms. The van der Waals surface area contributed by atoms with Crippen LogP contribution in [0.3, 0.4) is 0 Å². The van der Waals surface area contributed by atoms with Crippen LogP contribution in [0.2, 0.25) is 0 Å². The van der Waals surface area contributed by atoms with Crippen LogP contribution < -0.4 is 4.74 Å². The van der Waals surface area contributed by atoms with E-state index in [0.29, 0.717) is 32.5 Å². The van der Waals surface area contributed by atoms with Crippen molar-refractivity contribution in [2.75, 3.05) is 13.1 Å². The molecule has 2 heterocycles. The summed E-state index contributed by atoms with van der Waals surface area (Å²) in [7, 11) is 0. The summed E-state index contributed by atoms with van der Waals surface area (Å²) in [6.45, 7) is 3.57. The molecule has 2 amide bonds. The van der Waals surface area contributed by atoms with E-state index in [1.807, 2.05) is 70.5 Å². The first kappa shape index (κ1) is 24.3. The molecule has 3 aromatic carbocycles. The van der Waals surface area contributed by atoms with Crippen LogP contribution >= 0.6 is 0 Å². The van der Waals surface area contributed by atoms with Crippen LogP contribution in [0.15, 0.2) is 78.9 Å². The van der Waals surface area contributed by atoms with Crippen molar-refractivity contribution in [1.29, 1.82) is 0 Å². The van der Waals surface area contributed by atoms with Gasteiger partial charge < -0.3 is 19.6 Å². The molecule has 0 bridgehead atoms. The highest BCUT2D eigenvalue weighted by atomic mass is 16.5. The van der Waals surface area contributed by atoms with Gasteiger partial charge in [-0.15, -0.1) is 0 Å². The Bertz CT molecular complexity index is 1130. The number of aromatic hydroxyl groups is 1. The second-order valence-corrected chi connectivity index (χ2v) is 8.93. The van der Waals surface area contributed by atoms with Gasteiger partial charge in [0.05, 0.1) is 0 Å². The Morgan fingerprint density at radius 3 is 1.83 bits per heavy atom. The molecule has 0 saturated carbocycles. The molecule has 5 rings (SSSR count). The first-order chi connectivity index (χ1) is 17.1. The molecule has 0 spiro atoms. The molecule has 0 atom stereocenters. The lowest BCUT2D eigenvalue weighted by molar-refractivity contribution is -0.129. The van der Waals surface area contributed by atoms with Crippen LogP contribution in [0, 0.1) is 0 Å². The molecule has 2 fully saturated rings. The summed E-state index contributed by atoms with van der Waals surface area (Å²) in [6.07, 6.45) is 3.28. The Morgan fingerprint density at radius 2 is 1.26 bits per heavy atom. The van der Waals surface area contributed by atoms with Crippen LogP contribution in [0.4, 0.5) is 0 Å². The maximum Gasteiger partial charge on any atom is 0.222 e. The lowest BCUT2D eigenvalue weighted by Crippen LogP contribution is -2.23. The van der Waals surface area contributed by atoms with E-state index in [0.717, 1.165) is 48.4 Å². The molecule has 1 N–H and O–H groups in total. The number of hydrogen-bond donors (Lipinski definition) is 1. The van der Waals surface area contributed by atoms with Gasteiger partial charge in [0.2, 0.25) is 11.8 Å². The van der Waals surface area contributed by atoms with Gasteiger partial charge in [0.25, 0.3) is 0 Å². The van der Waals surface area contributed by atoms with Gasteiger partial charge in [0, 0.05) is 39.0 Å². The van der Waals surface area contributed by atoms with Crippen molar-refractivity contribution in [2.24, 2.45) is 0 Å². The summed E-state index contributed by atoms with van der Waals surface area (Å²) in [4.78, 5) is 26.7. The number of benzene rings is 3. The van der Waals surface area contributed by atoms with E-state index in [-0.39, 0.29) is 17.6 Å². The zero-order chi connectivity index (χ0) is 24.5. The van der Waals surface area contributed by atoms with E-state index < -0.39 is 0 Å². The van der Waals surface area contributed by atoms with Gasteiger partial charge in [0.15, 0.2) is 0 Å². The molecule has 0 aromatic heterocycles. The SMILES string of the molecule is O=C1CCCN1Cc1cccc(O)c1.O=C1CCCN1Cc1cccc(OCc2ccccc2)c1. The van der Waals surface area contributed by atoms with Gasteiger partial charge in [-0.25, -0.2) is 0 Å². The first-order valence-electron chi connectivity index (χ1n) is 12.2. The van der Waals surface area contributed by atoms with Crippen molar-refractivity contribution in [3.63, 3.8) is 0 Å². The van der Waals surface area contributed by atoms with Crippen molar-refractivity contribution in [1.82, 2.24) is 9.80 Å². The summed E-state index contributed by atoms with van der Waals surface area (Å²) in [6, 6.07) is 25.2. The van der Waals surface area contributed by atoms with E-state index in [1.54, 1.807) is 18.2 Å². The number of amides is 2. The molecule has 6 nitrogen and oxygen atoms in total. The van der Waals surface area contributed by atoms with Crippen LogP contribution in [-0.2, 0) is 29.3 Å². The van der Waals surface area contributed by atoms with Gasteiger partial charge in [-0.3, -0.25) is 9.59 Å². The van der Waals surface area contributed by atoms with E-state index >= 15 is 0 Å². The maximum atomic E-state index is 11.7. The number of carbonyl (C=O) groups is 2. The Hall–Kier alpha value is -3.80. The summed E-state index contributed by atoms with van der Waals surface area (Å²) < 4.78 is 5.82. The predicted molar refractivity (Wildman–Crippen MR) is 135 cm³/mol. The Kier molecular flexibility index (Phi) is 8.39. The lowest BCUT2D eigenvalue weighted by atomic mass is 10.2. The number of carbonyl (C=O) groups excluding carboxylic acids is 2. The average Bonchev–Trinajstić information content (AvgIpc) is 3.46. The van der Waals surface area contributed by atoms with Crippen molar-refractivity contribution in [2.45, 2.75) is 45.4 Å². The highest BCUT2D eigenvalue weighted by Crippen LogP contribution is 2.20. The number of rotatable bonds is 7. The minimum atomic E-state index is 0.216. The quantitative estimate of drug-likeness (QED) is 0.531. The topological polar surface area (TPSA) is 70.1 Å². The predicted octanol–water partition coefficient (Wildman–Crippen LogP) is 4.90. The first-order valence-corrected chi connectivity index (χ1v) is 12.2. The molecule has 3 aromatic rings. The van der Waals surface area contributed by atoms with Crippen molar-refractivity contribution < 1.29 is 19.4 Å². The number of phenolic OH excluding ortho intramolecular Hbond substituents is 1. The van der Waals surface area contributed by atoms with Gasteiger partial charge in [0.1, 0.15) is 18.1 Å². The number of likely N-dealkylation sites (tertiary alicyclic amines) is 2. The van der Waals surface area contributed by atoms with E-state index in [4.69, 9.17) is 4.74 Å². The van der Waals surface area contributed by atoms with E-state index in [9.17, 15) is 14.7 Å². The fraction of sp³-hybridized carbons (Fsp3) is 0.310. The third kappa shape index (κ3) is 7.34. The summed E-state index contributed by atoms with van der Waals surface area (Å²) in [5.74, 6) is 1.58. The van der Waals surface area contributed by atoms with Crippen molar-refractivity contribution in [3.05, 3.63) is 95.6 Å². The molecule has 182 valence electrons. The van der Waals surface area contributed by atoms with Crippen LogP contribution in [0.1, 0.15) is 42.4 Å². The maximum absolute atomic E-state index is 11.7. The fourth-order valence-electron chi connectivity index (χ4n) is 4.31. The monoisotopic (exact) mass is 472 g/mol. The zero-order valence-electron chi connectivity index (χ0n) is 19.9. The number of hydrogen-bond acceptors (Lipinski definition) is 4. The largest absolute Gasteiger partial charge is 0.508 e. The molecule has 35 heavy (non-hydrogen) atoms. The minimum Gasteiger partial charge on any atom is -0.508 e. The smallest absolute Gasteiger partial charge is 0.222 e. The normalized spacial score (nSPS) is 15.2. The third-order valence-corrected chi connectivity index (χ3v) is 6.15.